The molecule has 0 radical (unpaired) electrons. The van der Waals surface area contributed by atoms with Crippen LogP contribution in [0.15, 0.2) is 18.2 Å². The second-order valence-electron chi connectivity index (χ2n) is 3.90. The van der Waals surface area contributed by atoms with Crippen molar-refractivity contribution in [1.82, 2.24) is 0 Å². The molecule has 0 saturated heterocycles. The Morgan fingerprint density at radius 1 is 1.39 bits per heavy atom. The van der Waals surface area contributed by atoms with Crippen molar-refractivity contribution < 1.29 is 9.47 Å². The molecule has 0 fully saturated rings. The Balaban J connectivity index is 2.88. The van der Waals surface area contributed by atoms with Crippen molar-refractivity contribution >= 4 is 15.9 Å². The molecule has 0 aliphatic heterocycles. The molecular weight excluding hydrogens is 294 g/mol. The molecule has 98 valence electrons. The maximum Gasteiger partial charge on any atom is 0.184 e. The number of rotatable bonds is 7. The molecule has 1 unspecified atom stereocenters. The molecular formula is C14H18BrNO2. The molecule has 0 heterocycles. The average molecular weight is 312 g/mol. The van der Waals surface area contributed by atoms with Crippen LogP contribution in [0.4, 0.5) is 0 Å². The Morgan fingerprint density at radius 2 is 2.17 bits per heavy atom. The van der Waals surface area contributed by atoms with Gasteiger partial charge in [-0.05, 0) is 18.9 Å². The van der Waals surface area contributed by atoms with E-state index in [-0.39, 0.29) is 0 Å². The van der Waals surface area contributed by atoms with Gasteiger partial charge in [0.05, 0.1) is 6.61 Å². The number of ether oxygens (including phenoxy) is 2. The van der Waals surface area contributed by atoms with Crippen molar-refractivity contribution in [3.05, 3.63) is 23.8 Å². The molecule has 3 nitrogen and oxygen atoms in total. The van der Waals surface area contributed by atoms with Crippen molar-refractivity contribution in [3.8, 4) is 17.6 Å². The minimum Gasteiger partial charge on any atom is -0.493 e. The molecule has 0 saturated carbocycles. The van der Waals surface area contributed by atoms with Crippen LogP contribution < -0.4 is 9.47 Å². The zero-order chi connectivity index (χ0) is 13.4. The molecule has 0 aromatic heterocycles. The number of alkyl halides is 1. The van der Waals surface area contributed by atoms with Gasteiger partial charge in [-0.25, -0.2) is 0 Å². The Bertz CT molecular complexity index is 415. The lowest BCUT2D eigenvalue weighted by molar-refractivity contribution is 0.247. The summed E-state index contributed by atoms with van der Waals surface area (Å²) in [6.45, 7) is 4.68. The van der Waals surface area contributed by atoms with E-state index in [4.69, 9.17) is 14.7 Å². The molecule has 0 amide bonds. The van der Waals surface area contributed by atoms with Gasteiger partial charge in [0.1, 0.15) is 17.6 Å². The maximum atomic E-state index is 8.94. The quantitative estimate of drug-likeness (QED) is 0.713. The van der Waals surface area contributed by atoms with E-state index in [0.29, 0.717) is 24.1 Å². The number of hydrogen-bond acceptors (Lipinski definition) is 3. The van der Waals surface area contributed by atoms with E-state index >= 15 is 0 Å². The zero-order valence-electron chi connectivity index (χ0n) is 10.8. The summed E-state index contributed by atoms with van der Waals surface area (Å²) < 4.78 is 11.3. The number of halogens is 1. The highest BCUT2D eigenvalue weighted by Crippen LogP contribution is 2.28. The van der Waals surface area contributed by atoms with Gasteiger partial charge in [0, 0.05) is 17.0 Å². The molecule has 1 atom stereocenters. The van der Waals surface area contributed by atoms with Crippen LogP contribution in [-0.2, 0) is 5.33 Å². The predicted octanol–water partition coefficient (Wildman–Crippen LogP) is 4.05. The molecule has 0 bridgehead atoms. The van der Waals surface area contributed by atoms with Crippen LogP contribution >= 0.6 is 15.9 Å². The summed E-state index contributed by atoms with van der Waals surface area (Å²) in [4.78, 5) is 0. The topological polar surface area (TPSA) is 42.2 Å². The molecule has 1 rings (SSSR count). The first-order chi connectivity index (χ1) is 8.74. The summed E-state index contributed by atoms with van der Waals surface area (Å²) in [6.07, 6.45) is 1.22. The van der Waals surface area contributed by atoms with Crippen molar-refractivity contribution in [2.45, 2.75) is 38.1 Å². The van der Waals surface area contributed by atoms with E-state index in [9.17, 15) is 0 Å². The molecule has 1 aromatic rings. The fourth-order valence-electron chi connectivity index (χ4n) is 1.42. The van der Waals surface area contributed by atoms with Gasteiger partial charge in [-0.15, -0.1) is 0 Å². The molecule has 0 spiro atoms. The van der Waals surface area contributed by atoms with Gasteiger partial charge < -0.3 is 9.47 Å². The molecule has 18 heavy (non-hydrogen) atoms. The Kier molecular flexibility index (Phi) is 6.59. The first-order valence-corrected chi connectivity index (χ1v) is 7.25. The van der Waals surface area contributed by atoms with E-state index in [0.717, 1.165) is 17.7 Å². The third kappa shape index (κ3) is 4.23. The third-order valence-electron chi connectivity index (χ3n) is 2.44. The lowest BCUT2D eigenvalue weighted by Gasteiger charge is -2.15. The normalized spacial score (nSPS) is 11.7. The van der Waals surface area contributed by atoms with Crippen LogP contribution in [0.5, 0.6) is 11.5 Å². The fourth-order valence-corrected chi connectivity index (χ4v) is 1.88. The van der Waals surface area contributed by atoms with Crippen molar-refractivity contribution in [1.29, 1.82) is 5.26 Å². The predicted molar refractivity (Wildman–Crippen MR) is 75.2 cm³/mol. The number of hydrogen-bond donors (Lipinski definition) is 0. The van der Waals surface area contributed by atoms with Crippen molar-refractivity contribution in [2.24, 2.45) is 0 Å². The Labute approximate surface area is 117 Å². The van der Waals surface area contributed by atoms with E-state index in [1.165, 1.54) is 0 Å². The Hall–Kier alpha value is -1.21. The summed E-state index contributed by atoms with van der Waals surface area (Å²) in [7, 11) is 0. The number of benzene rings is 1. The van der Waals surface area contributed by atoms with Crippen LogP contribution in [0, 0.1) is 11.3 Å². The molecule has 4 heteroatoms. The third-order valence-corrected chi connectivity index (χ3v) is 3.04. The summed E-state index contributed by atoms with van der Waals surface area (Å²) in [6, 6.07) is 7.87. The fraction of sp³-hybridized carbons (Fsp3) is 0.500. The van der Waals surface area contributed by atoms with Crippen LogP contribution in [-0.4, -0.2) is 12.7 Å². The largest absolute Gasteiger partial charge is 0.493 e. The van der Waals surface area contributed by atoms with E-state index in [1.807, 2.05) is 25.1 Å². The van der Waals surface area contributed by atoms with Crippen LogP contribution in [0.3, 0.4) is 0 Å². The van der Waals surface area contributed by atoms with Crippen LogP contribution in [0.25, 0.3) is 0 Å². The van der Waals surface area contributed by atoms with Gasteiger partial charge in [0.15, 0.2) is 6.10 Å². The lowest BCUT2D eigenvalue weighted by atomic mass is 10.2. The van der Waals surface area contributed by atoms with E-state index < -0.39 is 6.10 Å². The van der Waals surface area contributed by atoms with Gasteiger partial charge in [0.25, 0.3) is 0 Å². The second kappa shape index (κ2) is 7.99. The summed E-state index contributed by atoms with van der Waals surface area (Å²) in [5, 5.41) is 9.64. The van der Waals surface area contributed by atoms with E-state index in [1.54, 1.807) is 0 Å². The smallest absolute Gasteiger partial charge is 0.184 e. The summed E-state index contributed by atoms with van der Waals surface area (Å²) in [5.74, 6) is 1.50. The highest BCUT2D eigenvalue weighted by molar-refractivity contribution is 9.08. The number of nitriles is 1. The number of nitrogens with zero attached hydrogens (tertiary/aromatic N) is 1. The highest BCUT2D eigenvalue weighted by Gasteiger charge is 2.11. The van der Waals surface area contributed by atoms with Crippen LogP contribution in [0.2, 0.25) is 0 Å². The van der Waals surface area contributed by atoms with E-state index in [2.05, 4.69) is 28.9 Å². The Morgan fingerprint density at radius 3 is 2.72 bits per heavy atom. The SMILES string of the molecule is CCCOc1ccc(CBr)c(OC(C#N)CC)c1. The van der Waals surface area contributed by atoms with Crippen molar-refractivity contribution in [2.75, 3.05) is 6.61 Å². The molecule has 0 aliphatic carbocycles. The monoisotopic (exact) mass is 311 g/mol. The first kappa shape index (κ1) is 14.8. The van der Waals surface area contributed by atoms with Crippen LogP contribution in [0.1, 0.15) is 32.3 Å². The summed E-state index contributed by atoms with van der Waals surface area (Å²) in [5.41, 5.74) is 1.02. The van der Waals surface area contributed by atoms with Gasteiger partial charge in [-0.3, -0.25) is 0 Å². The minimum absolute atomic E-state index is 0.413. The first-order valence-electron chi connectivity index (χ1n) is 6.13. The van der Waals surface area contributed by atoms with Gasteiger partial charge in [-0.2, -0.15) is 5.26 Å². The second-order valence-corrected chi connectivity index (χ2v) is 4.46. The lowest BCUT2D eigenvalue weighted by Crippen LogP contribution is -2.13. The van der Waals surface area contributed by atoms with Gasteiger partial charge >= 0.3 is 0 Å². The van der Waals surface area contributed by atoms with Gasteiger partial charge in [-0.1, -0.05) is 35.8 Å². The van der Waals surface area contributed by atoms with Crippen molar-refractivity contribution in [3.63, 3.8) is 0 Å². The molecule has 0 aliphatic rings. The summed E-state index contributed by atoms with van der Waals surface area (Å²) >= 11 is 3.42. The standard InChI is InChI=1S/C14H18BrNO2/c1-3-7-17-13-6-5-11(9-15)14(8-13)18-12(4-2)10-16/h5-6,8,12H,3-4,7,9H2,1-2H3. The maximum absolute atomic E-state index is 8.94. The minimum atomic E-state index is -0.413. The average Bonchev–Trinajstić information content (AvgIpc) is 2.42. The molecule has 1 aromatic carbocycles. The van der Waals surface area contributed by atoms with Gasteiger partial charge in [0.2, 0.25) is 0 Å². The highest BCUT2D eigenvalue weighted by atomic mass is 79.9. The molecule has 0 N–H and O–H groups in total. The zero-order valence-corrected chi connectivity index (χ0v) is 12.4.